The predicted molar refractivity (Wildman–Crippen MR) is 203 cm³/mol. The van der Waals surface area contributed by atoms with Crippen LogP contribution >= 0.6 is 0 Å². The minimum absolute atomic E-state index is 0.000433. The van der Waals surface area contributed by atoms with Crippen LogP contribution in [-0.4, -0.2) is 83.3 Å². The van der Waals surface area contributed by atoms with E-state index in [1.54, 1.807) is 0 Å². The Hall–Kier alpha value is -2.13. The average Bonchev–Trinajstić information content (AvgIpc) is 3.22. The number of hydrogen-bond acceptors (Lipinski definition) is 7. The third-order valence-corrected chi connectivity index (χ3v) is 15.8. The van der Waals surface area contributed by atoms with Gasteiger partial charge in [-0.1, -0.05) is 79.6 Å². The Morgan fingerprint density at radius 2 is 1.48 bits per heavy atom. The Kier molecular flexibility index (Phi) is 11.0. The van der Waals surface area contributed by atoms with E-state index in [0.29, 0.717) is 43.8 Å². The lowest BCUT2D eigenvalue weighted by atomic mass is 9.68. The fourth-order valence-corrected chi connectivity index (χ4v) is 12.5. The summed E-state index contributed by atoms with van der Waals surface area (Å²) in [6.45, 7) is 18.7. The van der Waals surface area contributed by atoms with Crippen molar-refractivity contribution in [2.75, 3.05) is 26.2 Å². The molecule has 6 aliphatic rings. The minimum Gasteiger partial charge on any atom is -0.363 e. The summed E-state index contributed by atoms with van der Waals surface area (Å²) in [5.41, 5.74) is 4.92. The van der Waals surface area contributed by atoms with Crippen molar-refractivity contribution in [1.82, 2.24) is 15.1 Å². The van der Waals surface area contributed by atoms with Crippen LogP contribution in [-0.2, 0) is 24.0 Å². The second-order valence-electron chi connectivity index (χ2n) is 20.5. The van der Waals surface area contributed by atoms with Crippen molar-refractivity contribution in [2.24, 2.45) is 50.6 Å². The molecule has 1 unspecified atom stereocenters. The number of likely N-dealkylation sites (tertiary alicyclic amines) is 1. The molecule has 0 aromatic heterocycles. The van der Waals surface area contributed by atoms with E-state index in [2.05, 4.69) is 58.7 Å². The van der Waals surface area contributed by atoms with Gasteiger partial charge in [0.05, 0.1) is 6.04 Å². The summed E-state index contributed by atoms with van der Waals surface area (Å²) in [6.07, 6.45) is 13.8. The number of hydrogen-bond donors (Lipinski definition) is 2. The third kappa shape index (κ3) is 7.20. The van der Waals surface area contributed by atoms with Gasteiger partial charge in [0, 0.05) is 74.8 Å². The fraction of sp³-hybridized carbons (Fsp3) is 0.884. The zero-order chi connectivity index (χ0) is 37.9. The van der Waals surface area contributed by atoms with Gasteiger partial charge < -0.3 is 16.0 Å². The Morgan fingerprint density at radius 3 is 1.98 bits per heavy atom. The van der Waals surface area contributed by atoms with Crippen molar-refractivity contribution in [1.29, 1.82) is 0 Å². The van der Waals surface area contributed by atoms with E-state index in [4.69, 9.17) is 5.73 Å². The zero-order valence-corrected chi connectivity index (χ0v) is 33.6. The average molecular weight is 723 g/mol. The quantitative estimate of drug-likeness (QED) is 0.203. The van der Waals surface area contributed by atoms with Crippen LogP contribution in [0.5, 0.6) is 0 Å². The highest BCUT2D eigenvalue weighted by atomic mass is 16.2. The summed E-state index contributed by atoms with van der Waals surface area (Å²) in [6, 6.07) is 0.179. The van der Waals surface area contributed by atoms with Gasteiger partial charge in [-0.15, -0.1) is 0 Å². The van der Waals surface area contributed by atoms with Crippen LogP contribution in [0, 0.1) is 44.8 Å². The van der Waals surface area contributed by atoms with Gasteiger partial charge in [-0.25, -0.2) is 0 Å². The summed E-state index contributed by atoms with van der Waals surface area (Å²) in [4.78, 5) is 73.5. The molecule has 0 bridgehead atoms. The lowest BCUT2D eigenvalue weighted by molar-refractivity contribution is -0.147. The van der Waals surface area contributed by atoms with Crippen LogP contribution in [0.3, 0.4) is 0 Å². The number of carbonyl (C=O) groups excluding carboxylic acids is 5. The Balaban J connectivity index is 1.23. The molecule has 4 saturated carbocycles. The molecule has 6 atom stereocenters. The van der Waals surface area contributed by atoms with Gasteiger partial charge >= 0.3 is 0 Å². The van der Waals surface area contributed by atoms with E-state index in [-0.39, 0.29) is 52.0 Å². The van der Waals surface area contributed by atoms with Gasteiger partial charge in [0.1, 0.15) is 5.78 Å². The maximum absolute atomic E-state index is 15.1. The number of ketones is 3. The Labute approximate surface area is 313 Å². The molecule has 3 N–H and O–H groups in total. The van der Waals surface area contributed by atoms with Crippen molar-refractivity contribution in [3.8, 4) is 0 Å². The largest absolute Gasteiger partial charge is 0.363 e. The lowest BCUT2D eigenvalue weighted by Gasteiger charge is -2.45. The van der Waals surface area contributed by atoms with E-state index >= 15 is 4.79 Å². The van der Waals surface area contributed by atoms with Crippen LogP contribution in [0.1, 0.15) is 151 Å². The molecule has 9 nitrogen and oxygen atoms in total. The molecule has 2 aliphatic heterocycles. The smallest absolute Gasteiger partial charge is 0.285 e. The number of primary amides is 1. The van der Waals surface area contributed by atoms with Gasteiger partial charge in [0.25, 0.3) is 5.91 Å². The normalized spacial score (nSPS) is 32.1. The first-order chi connectivity index (χ1) is 24.3. The molecule has 0 radical (unpaired) electrons. The van der Waals surface area contributed by atoms with E-state index in [1.807, 2.05) is 4.90 Å². The number of nitrogens with one attached hydrogen (secondary N) is 1. The van der Waals surface area contributed by atoms with E-state index in [0.717, 1.165) is 77.4 Å². The summed E-state index contributed by atoms with van der Waals surface area (Å²) in [7, 11) is 0. The van der Waals surface area contributed by atoms with Crippen LogP contribution in [0.15, 0.2) is 0 Å². The van der Waals surface area contributed by atoms with Crippen LogP contribution in [0.25, 0.3) is 0 Å². The maximum atomic E-state index is 15.1. The van der Waals surface area contributed by atoms with Gasteiger partial charge in [0.2, 0.25) is 11.7 Å². The van der Waals surface area contributed by atoms with Crippen molar-refractivity contribution in [2.45, 2.75) is 169 Å². The molecule has 2 saturated heterocycles. The Morgan fingerprint density at radius 1 is 0.846 bits per heavy atom. The zero-order valence-electron chi connectivity index (χ0n) is 33.6. The molecule has 4 aliphatic carbocycles. The van der Waals surface area contributed by atoms with E-state index in [9.17, 15) is 19.2 Å². The SMILES string of the molecule is C[C@H]1CN(CC2(CC(=O)C[C@H](C(=O)N3C[C@]4(C[C@H]3C(=O)CC(CC3CCC3)C(=O)C(N)=O)C(C)(C)C43CCC3)C(C)(C)C)CCCCC2)C[C@H](C)N1. The summed E-state index contributed by atoms with van der Waals surface area (Å²) < 4.78 is 0. The summed E-state index contributed by atoms with van der Waals surface area (Å²) in [5, 5.41) is 3.64. The minimum atomic E-state index is -0.979. The van der Waals surface area contributed by atoms with E-state index < -0.39 is 35.0 Å². The first kappa shape index (κ1) is 39.6. The molecule has 6 fully saturated rings. The number of fused-ring (bicyclic) bond motifs is 1. The molecule has 52 heavy (non-hydrogen) atoms. The Bertz CT molecular complexity index is 1390. The topological polar surface area (TPSA) is 130 Å². The van der Waals surface area contributed by atoms with Crippen LogP contribution in [0.4, 0.5) is 0 Å². The molecule has 0 aromatic carbocycles. The fourth-order valence-electron chi connectivity index (χ4n) is 12.5. The molecule has 2 amide bonds. The molecular formula is C43H70N4O5. The number of nitrogens with two attached hydrogens (primary N) is 1. The monoisotopic (exact) mass is 723 g/mol. The van der Waals surface area contributed by atoms with Crippen molar-refractivity contribution in [3.05, 3.63) is 0 Å². The van der Waals surface area contributed by atoms with E-state index in [1.165, 1.54) is 12.8 Å². The van der Waals surface area contributed by atoms with Crippen molar-refractivity contribution < 1.29 is 24.0 Å². The first-order valence-electron chi connectivity index (χ1n) is 21.0. The number of nitrogens with zero attached hydrogens (tertiary/aromatic N) is 2. The second-order valence-corrected chi connectivity index (χ2v) is 20.5. The number of carbonyl (C=O) groups is 5. The molecule has 292 valence electrons. The first-order valence-corrected chi connectivity index (χ1v) is 21.0. The second kappa shape index (κ2) is 14.5. The highest BCUT2D eigenvalue weighted by molar-refractivity contribution is 6.36. The molecular weight excluding hydrogens is 652 g/mol. The van der Waals surface area contributed by atoms with Gasteiger partial charge in [-0.2, -0.15) is 0 Å². The highest BCUT2D eigenvalue weighted by Crippen LogP contribution is 2.88. The lowest BCUT2D eigenvalue weighted by Crippen LogP contribution is -2.56. The van der Waals surface area contributed by atoms with Gasteiger partial charge in [0.15, 0.2) is 5.78 Å². The molecule has 6 rings (SSSR count). The summed E-state index contributed by atoms with van der Waals surface area (Å²) in [5.74, 6) is -2.65. The van der Waals surface area contributed by atoms with Crippen LogP contribution < -0.4 is 11.1 Å². The number of amides is 2. The molecule has 2 spiro atoms. The number of Topliss-reactive ketones (excluding diaryl/α,β-unsaturated/α-hetero) is 3. The third-order valence-electron chi connectivity index (χ3n) is 15.8. The van der Waals surface area contributed by atoms with Crippen molar-refractivity contribution in [3.63, 3.8) is 0 Å². The molecule has 9 heteroatoms. The number of piperazine rings is 1. The standard InChI is InChI=1S/C43H70N4O5/c1-28-24-46(25-29(2)45-28)26-41(15-9-8-10-16-41)22-32(48)21-33(39(3,4)5)38(52)47-27-43(40(6,7)42(43)17-12-18-42)23-34(47)35(49)20-31(36(50)37(44)51)19-30-13-11-14-30/h28-31,33-34,45H,8-27H2,1-7H3,(H2,44,51)/t28-,29-,31?,33+,34-,43+/m0/s1. The maximum Gasteiger partial charge on any atom is 0.285 e. The van der Waals surface area contributed by atoms with Crippen LogP contribution in [0.2, 0.25) is 0 Å². The van der Waals surface area contributed by atoms with Gasteiger partial charge in [-0.3, -0.25) is 28.9 Å². The summed E-state index contributed by atoms with van der Waals surface area (Å²) >= 11 is 0. The molecule has 0 aromatic rings. The number of rotatable bonds is 14. The van der Waals surface area contributed by atoms with Gasteiger partial charge in [-0.05, 0) is 80.0 Å². The molecule has 2 heterocycles. The van der Waals surface area contributed by atoms with Crippen molar-refractivity contribution >= 4 is 29.2 Å². The highest BCUT2D eigenvalue weighted by Gasteiger charge is 2.85. The predicted octanol–water partition coefficient (Wildman–Crippen LogP) is 6.25.